The zero-order valence-electron chi connectivity index (χ0n) is 16.2. The SMILES string of the molecule is O=C(CN(c1ccc(Cl)cc1)S(=O)(=O)c1ccccc1)N1CCc2ccccc2C1. The predicted molar refractivity (Wildman–Crippen MR) is 118 cm³/mol. The van der Waals surface area contributed by atoms with Gasteiger partial charge in [0, 0.05) is 18.1 Å². The molecule has 5 nitrogen and oxygen atoms in total. The van der Waals surface area contributed by atoms with Gasteiger partial charge >= 0.3 is 0 Å². The topological polar surface area (TPSA) is 57.7 Å². The maximum Gasteiger partial charge on any atom is 0.264 e. The molecule has 0 saturated carbocycles. The molecular weight excluding hydrogens is 420 g/mol. The molecule has 1 amide bonds. The van der Waals surface area contributed by atoms with Gasteiger partial charge in [0.15, 0.2) is 0 Å². The van der Waals surface area contributed by atoms with Crippen molar-refractivity contribution in [2.24, 2.45) is 0 Å². The number of nitrogens with zero attached hydrogens (tertiary/aromatic N) is 2. The third-order valence-electron chi connectivity index (χ3n) is 5.21. The van der Waals surface area contributed by atoms with Crippen LogP contribution >= 0.6 is 11.6 Å². The summed E-state index contributed by atoms with van der Waals surface area (Å²) in [5, 5.41) is 0.495. The quantitative estimate of drug-likeness (QED) is 0.599. The number of amides is 1. The number of benzene rings is 3. The number of rotatable bonds is 5. The van der Waals surface area contributed by atoms with Gasteiger partial charge in [-0.1, -0.05) is 54.1 Å². The normalized spacial score (nSPS) is 13.6. The number of anilines is 1. The number of halogens is 1. The van der Waals surface area contributed by atoms with Crippen LogP contribution in [0.15, 0.2) is 83.8 Å². The summed E-state index contributed by atoms with van der Waals surface area (Å²) >= 11 is 5.98. The van der Waals surface area contributed by atoms with E-state index in [1.54, 1.807) is 47.4 Å². The van der Waals surface area contributed by atoms with E-state index in [1.165, 1.54) is 17.7 Å². The van der Waals surface area contributed by atoms with Crippen LogP contribution < -0.4 is 4.31 Å². The third kappa shape index (κ3) is 4.20. The van der Waals surface area contributed by atoms with Crippen LogP contribution in [0, 0.1) is 0 Å². The molecule has 0 atom stereocenters. The van der Waals surface area contributed by atoms with Gasteiger partial charge < -0.3 is 4.90 Å². The Balaban J connectivity index is 1.64. The highest BCUT2D eigenvalue weighted by atomic mass is 35.5. The van der Waals surface area contributed by atoms with Gasteiger partial charge in [0.2, 0.25) is 5.91 Å². The van der Waals surface area contributed by atoms with Gasteiger partial charge in [0.1, 0.15) is 6.54 Å². The maximum atomic E-state index is 13.4. The minimum atomic E-state index is -3.92. The Morgan fingerprint density at radius 1 is 0.900 bits per heavy atom. The van der Waals surface area contributed by atoms with Crippen LogP contribution in [0.25, 0.3) is 0 Å². The van der Waals surface area contributed by atoms with E-state index in [4.69, 9.17) is 11.6 Å². The van der Waals surface area contributed by atoms with Crippen LogP contribution in [0.4, 0.5) is 5.69 Å². The van der Waals surface area contributed by atoms with Crippen LogP contribution in [0.2, 0.25) is 5.02 Å². The standard InChI is InChI=1S/C23H21ClN2O3S/c24-20-10-12-21(13-11-20)26(30(28,29)22-8-2-1-3-9-22)17-23(27)25-15-14-18-6-4-5-7-19(18)16-25/h1-13H,14-17H2. The van der Waals surface area contributed by atoms with Crippen molar-refractivity contribution in [2.75, 3.05) is 17.4 Å². The molecule has 1 aliphatic rings. The summed E-state index contributed by atoms with van der Waals surface area (Å²) in [4.78, 5) is 15.0. The van der Waals surface area contributed by atoms with Crippen LogP contribution in [0.1, 0.15) is 11.1 Å². The van der Waals surface area contributed by atoms with E-state index in [0.717, 1.165) is 16.3 Å². The molecule has 154 valence electrons. The van der Waals surface area contributed by atoms with E-state index in [-0.39, 0.29) is 17.3 Å². The minimum absolute atomic E-state index is 0.136. The smallest absolute Gasteiger partial charge is 0.264 e. The van der Waals surface area contributed by atoms with E-state index in [2.05, 4.69) is 6.07 Å². The summed E-state index contributed by atoms with van der Waals surface area (Å²) in [6.07, 6.45) is 0.758. The Morgan fingerprint density at radius 3 is 2.23 bits per heavy atom. The zero-order valence-corrected chi connectivity index (χ0v) is 17.8. The second-order valence-corrected chi connectivity index (χ2v) is 9.43. The summed E-state index contributed by atoms with van der Waals surface area (Å²) in [6.45, 7) is 0.769. The molecule has 1 heterocycles. The van der Waals surface area contributed by atoms with E-state index in [0.29, 0.717) is 23.8 Å². The first-order chi connectivity index (χ1) is 14.4. The first-order valence-corrected chi connectivity index (χ1v) is 11.4. The Bertz CT molecular complexity index is 1150. The van der Waals surface area contributed by atoms with E-state index < -0.39 is 10.0 Å². The molecule has 1 aliphatic heterocycles. The van der Waals surface area contributed by atoms with Crippen LogP contribution in [-0.4, -0.2) is 32.3 Å². The molecule has 0 unspecified atom stereocenters. The second kappa shape index (κ2) is 8.50. The van der Waals surface area contributed by atoms with Gasteiger partial charge in [0.25, 0.3) is 10.0 Å². The fourth-order valence-electron chi connectivity index (χ4n) is 3.57. The first-order valence-electron chi connectivity index (χ1n) is 9.63. The predicted octanol–water partition coefficient (Wildman–Crippen LogP) is 4.12. The summed E-state index contributed by atoms with van der Waals surface area (Å²) in [7, 11) is -3.92. The fraction of sp³-hybridized carbons (Fsp3) is 0.174. The number of fused-ring (bicyclic) bond motifs is 1. The highest BCUT2D eigenvalue weighted by Crippen LogP contribution is 2.26. The van der Waals surface area contributed by atoms with E-state index >= 15 is 0 Å². The molecule has 0 fully saturated rings. The molecule has 0 bridgehead atoms. The van der Waals surface area contributed by atoms with Crippen molar-refractivity contribution in [1.82, 2.24) is 4.90 Å². The van der Waals surface area contributed by atoms with Crippen molar-refractivity contribution in [3.05, 3.63) is 95.0 Å². The number of carbonyl (C=O) groups excluding carboxylic acids is 1. The highest BCUT2D eigenvalue weighted by molar-refractivity contribution is 7.92. The number of hydrogen-bond acceptors (Lipinski definition) is 3. The zero-order chi connectivity index (χ0) is 21.1. The number of hydrogen-bond donors (Lipinski definition) is 0. The summed E-state index contributed by atoms with van der Waals surface area (Å²) in [6, 6.07) is 22.6. The lowest BCUT2D eigenvalue weighted by Crippen LogP contribution is -2.44. The average Bonchev–Trinajstić information content (AvgIpc) is 2.78. The number of sulfonamides is 1. The molecule has 0 saturated heterocycles. The second-order valence-electron chi connectivity index (χ2n) is 7.14. The minimum Gasteiger partial charge on any atom is -0.336 e. The average molecular weight is 441 g/mol. The van der Waals surface area contributed by atoms with Crippen molar-refractivity contribution in [3.63, 3.8) is 0 Å². The molecule has 0 aromatic heterocycles. The molecule has 4 rings (SSSR count). The lowest BCUT2D eigenvalue weighted by Gasteiger charge is -2.31. The Morgan fingerprint density at radius 2 is 1.53 bits per heavy atom. The molecular formula is C23H21ClN2O3S. The monoisotopic (exact) mass is 440 g/mol. The van der Waals surface area contributed by atoms with E-state index in [9.17, 15) is 13.2 Å². The molecule has 3 aromatic carbocycles. The van der Waals surface area contributed by atoms with Crippen molar-refractivity contribution >= 4 is 33.2 Å². The Kier molecular flexibility index (Phi) is 5.79. The van der Waals surface area contributed by atoms with Gasteiger partial charge in [-0.3, -0.25) is 9.10 Å². The molecule has 0 radical (unpaired) electrons. The molecule has 0 N–H and O–H groups in total. The van der Waals surface area contributed by atoms with Gasteiger partial charge in [0.05, 0.1) is 10.6 Å². The van der Waals surface area contributed by atoms with Gasteiger partial charge in [-0.25, -0.2) is 8.42 Å². The van der Waals surface area contributed by atoms with Crippen molar-refractivity contribution in [1.29, 1.82) is 0 Å². The molecule has 7 heteroatoms. The lowest BCUT2D eigenvalue weighted by molar-refractivity contribution is -0.130. The third-order valence-corrected chi connectivity index (χ3v) is 7.25. The van der Waals surface area contributed by atoms with E-state index in [1.807, 2.05) is 18.2 Å². The summed E-state index contributed by atoms with van der Waals surface area (Å²) < 4.78 is 27.9. The van der Waals surface area contributed by atoms with Crippen LogP contribution in [0.5, 0.6) is 0 Å². The Labute approximate surface area is 181 Å². The highest BCUT2D eigenvalue weighted by Gasteiger charge is 2.30. The van der Waals surface area contributed by atoms with Crippen LogP contribution in [-0.2, 0) is 27.8 Å². The van der Waals surface area contributed by atoms with Gasteiger partial charge in [-0.15, -0.1) is 0 Å². The van der Waals surface area contributed by atoms with Crippen molar-refractivity contribution in [3.8, 4) is 0 Å². The largest absolute Gasteiger partial charge is 0.336 e. The summed E-state index contributed by atoms with van der Waals surface area (Å²) in [5.41, 5.74) is 2.73. The number of carbonyl (C=O) groups is 1. The van der Waals surface area contributed by atoms with Crippen molar-refractivity contribution in [2.45, 2.75) is 17.9 Å². The van der Waals surface area contributed by atoms with Gasteiger partial charge in [-0.2, -0.15) is 0 Å². The molecule has 0 aliphatic carbocycles. The first kappa shape index (κ1) is 20.4. The molecule has 3 aromatic rings. The Hall–Kier alpha value is -2.83. The van der Waals surface area contributed by atoms with Crippen molar-refractivity contribution < 1.29 is 13.2 Å². The van der Waals surface area contributed by atoms with Gasteiger partial charge in [-0.05, 0) is 53.9 Å². The maximum absolute atomic E-state index is 13.4. The summed E-state index contributed by atoms with van der Waals surface area (Å²) in [5.74, 6) is -0.237. The molecule has 0 spiro atoms. The lowest BCUT2D eigenvalue weighted by atomic mass is 10.00. The molecule has 30 heavy (non-hydrogen) atoms. The van der Waals surface area contributed by atoms with Crippen LogP contribution in [0.3, 0.4) is 0 Å². The fourth-order valence-corrected chi connectivity index (χ4v) is 5.13.